The van der Waals surface area contributed by atoms with Crippen LogP contribution in [0, 0.1) is 0 Å². The summed E-state index contributed by atoms with van der Waals surface area (Å²) in [6, 6.07) is 16.2. The Morgan fingerprint density at radius 3 is 2.66 bits per heavy atom. The SMILES string of the molecule is COc1ccccc1-c1noc(CSc2nccn2-c2ccc(C(C)C)cc2)n1. The third kappa shape index (κ3) is 4.19. The molecule has 2 aromatic heterocycles. The number of para-hydroxylation sites is 1. The van der Waals surface area contributed by atoms with Crippen molar-refractivity contribution in [1.29, 1.82) is 0 Å². The minimum absolute atomic E-state index is 0.510. The molecular formula is C22H22N4O2S. The maximum absolute atomic E-state index is 5.43. The number of rotatable bonds is 7. The summed E-state index contributed by atoms with van der Waals surface area (Å²) >= 11 is 1.55. The Labute approximate surface area is 173 Å². The second kappa shape index (κ2) is 8.53. The van der Waals surface area contributed by atoms with Gasteiger partial charge < -0.3 is 9.26 Å². The Kier molecular flexibility index (Phi) is 5.67. The molecule has 0 saturated heterocycles. The Bertz CT molecular complexity index is 1090. The molecule has 2 aromatic carbocycles. The van der Waals surface area contributed by atoms with Crippen molar-refractivity contribution in [2.45, 2.75) is 30.7 Å². The van der Waals surface area contributed by atoms with Crippen molar-refractivity contribution < 1.29 is 9.26 Å². The maximum Gasteiger partial charge on any atom is 0.237 e. The fourth-order valence-corrected chi connectivity index (χ4v) is 3.80. The van der Waals surface area contributed by atoms with E-state index in [1.165, 1.54) is 5.56 Å². The molecule has 7 heteroatoms. The highest BCUT2D eigenvalue weighted by atomic mass is 32.2. The van der Waals surface area contributed by atoms with Gasteiger partial charge in [-0.15, -0.1) is 0 Å². The van der Waals surface area contributed by atoms with Crippen LogP contribution in [0.4, 0.5) is 0 Å². The van der Waals surface area contributed by atoms with E-state index in [-0.39, 0.29) is 0 Å². The molecule has 0 aliphatic heterocycles. The molecule has 0 radical (unpaired) electrons. The fraction of sp³-hybridized carbons (Fsp3) is 0.227. The van der Waals surface area contributed by atoms with E-state index in [4.69, 9.17) is 9.26 Å². The van der Waals surface area contributed by atoms with Crippen LogP contribution in [-0.4, -0.2) is 26.8 Å². The fourth-order valence-electron chi connectivity index (χ4n) is 2.99. The van der Waals surface area contributed by atoms with Crippen molar-refractivity contribution in [2.24, 2.45) is 0 Å². The van der Waals surface area contributed by atoms with E-state index in [0.717, 1.165) is 16.4 Å². The molecule has 0 spiro atoms. The summed E-state index contributed by atoms with van der Waals surface area (Å²) in [5.74, 6) is 2.82. The van der Waals surface area contributed by atoms with Gasteiger partial charge in [-0.2, -0.15) is 4.98 Å². The van der Waals surface area contributed by atoms with Gasteiger partial charge in [0.2, 0.25) is 11.7 Å². The smallest absolute Gasteiger partial charge is 0.237 e. The Hall–Kier alpha value is -3.06. The lowest BCUT2D eigenvalue weighted by Crippen LogP contribution is -1.96. The first-order valence-corrected chi connectivity index (χ1v) is 10.4. The van der Waals surface area contributed by atoms with Gasteiger partial charge in [0.05, 0.1) is 18.4 Å². The second-order valence-corrected chi connectivity index (χ2v) is 7.77. The van der Waals surface area contributed by atoms with E-state index in [1.807, 2.05) is 30.5 Å². The molecule has 0 unspecified atom stereocenters. The number of aromatic nitrogens is 4. The van der Waals surface area contributed by atoms with Crippen LogP contribution >= 0.6 is 11.8 Å². The van der Waals surface area contributed by atoms with Gasteiger partial charge in [0.25, 0.3) is 0 Å². The number of ether oxygens (including phenoxy) is 1. The first-order valence-electron chi connectivity index (χ1n) is 9.38. The molecule has 4 rings (SSSR count). The molecule has 4 aromatic rings. The van der Waals surface area contributed by atoms with Crippen molar-refractivity contribution >= 4 is 11.8 Å². The van der Waals surface area contributed by atoms with Gasteiger partial charge in [0.15, 0.2) is 5.16 Å². The van der Waals surface area contributed by atoms with Gasteiger partial charge in [-0.3, -0.25) is 4.57 Å². The molecule has 0 aliphatic rings. The molecule has 0 amide bonds. The maximum atomic E-state index is 5.43. The third-order valence-corrected chi connectivity index (χ3v) is 5.54. The monoisotopic (exact) mass is 406 g/mol. The number of benzene rings is 2. The minimum atomic E-state index is 0.510. The van der Waals surface area contributed by atoms with E-state index in [0.29, 0.717) is 29.1 Å². The molecule has 148 valence electrons. The third-order valence-electron chi connectivity index (χ3n) is 4.59. The van der Waals surface area contributed by atoms with E-state index in [2.05, 4.69) is 57.8 Å². The summed E-state index contributed by atoms with van der Waals surface area (Å²) in [6.45, 7) is 4.38. The normalized spacial score (nSPS) is 11.2. The predicted molar refractivity (Wildman–Crippen MR) is 114 cm³/mol. The van der Waals surface area contributed by atoms with E-state index < -0.39 is 0 Å². The summed E-state index contributed by atoms with van der Waals surface area (Å²) in [4.78, 5) is 8.98. The first kappa shape index (κ1) is 19.3. The number of nitrogens with zero attached hydrogens (tertiary/aromatic N) is 4. The highest BCUT2D eigenvalue weighted by Gasteiger charge is 2.14. The highest BCUT2D eigenvalue weighted by Crippen LogP contribution is 2.29. The average molecular weight is 407 g/mol. The van der Waals surface area contributed by atoms with Crippen LogP contribution in [0.15, 0.2) is 70.6 Å². The minimum Gasteiger partial charge on any atom is -0.496 e. The van der Waals surface area contributed by atoms with E-state index >= 15 is 0 Å². The Morgan fingerprint density at radius 2 is 1.90 bits per heavy atom. The van der Waals surface area contributed by atoms with Crippen LogP contribution in [0.25, 0.3) is 17.1 Å². The predicted octanol–water partition coefficient (Wildman–Crippen LogP) is 5.35. The zero-order chi connectivity index (χ0) is 20.2. The highest BCUT2D eigenvalue weighted by molar-refractivity contribution is 7.98. The van der Waals surface area contributed by atoms with Gasteiger partial charge in [0, 0.05) is 18.1 Å². The molecule has 0 fully saturated rings. The van der Waals surface area contributed by atoms with Crippen LogP contribution in [0.3, 0.4) is 0 Å². The number of hydrogen-bond donors (Lipinski definition) is 0. The van der Waals surface area contributed by atoms with Crippen LogP contribution in [-0.2, 0) is 5.75 Å². The van der Waals surface area contributed by atoms with Crippen molar-refractivity contribution in [2.75, 3.05) is 7.11 Å². The van der Waals surface area contributed by atoms with Crippen molar-refractivity contribution in [3.63, 3.8) is 0 Å². The zero-order valence-electron chi connectivity index (χ0n) is 16.6. The van der Waals surface area contributed by atoms with Crippen LogP contribution in [0.2, 0.25) is 0 Å². The molecule has 0 N–H and O–H groups in total. The average Bonchev–Trinajstić information content (AvgIpc) is 3.41. The van der Waals surface area contributed by atoms with Gasteiger partial charge >= 0.3 is 0 Å². The van der Waals surface area contributed by atoms with E-state index in [1.54, 1.807) is 25.1 Å². The lowest BCUT2D eigenvalue weighted by atomic mass is 10.0. The lowest BCUT2D eigenvalue weighted by Gasteiger charge is -2.09. The quantitative estimate of drug-likeness (QED) is 0.386. The lowest BCUT2D eigenvalue weighted by molar-refractivity contribution is 0.390. The Morgan fingerprint density at radius 1 is 1.10 bits per heavy atom. The van der Waals surface area contributed by atoms with Gasteiger partial charge in [-0.05, 0) is 35.7 Å². The summed E-state index contributed by atoms with van der Waals surface area (Å²) in [5.41, 5.74) is 3.20. The van der Waals surface area contributed by atoms with Gasteiger partial charge in [-0.25, -0.2) is 4.98 Å². The van der Waals surface area contributed by atoms with Crippen molar-refractivity contribution in [3.05, 3.63) is 72.4 Å². The van der Waals surface area contributed by atoms with Crippen LogP contribution in [0.1, 0.15) is 31.2 Å². The second-order valence-electron chi connectivity index (χ2n) is 6.83. The summed E-state index contributed by atoms with van der Waals surface area (Å²) in [7, 11) is 1.63. The summed E-state index contributed by atoms with van der Waals surface area (Å²) < 4.78 is 12.9. The number of imidazole rings is 1. The number of methoxy groups -OCH3 is 1. The van der Waals surface area contributed by atoms with Crippen molar-refractivity contribution in [1.82, 2.24) is 19.7 Å². The standard InChI is InChI=1S/C22H22N4O2S/c1-15(2)16-8-10-17(11-9-16)26-13-12-23-22(26)29-14-20-24-21(25-28-20)18-6-4-5-7-19(18)27-3/h4-13,15H,14H2,1-3H3. The molecule has 0 aliphatic carbocycles. The number of thioether (sulfide) groups is 1. The first-order chi connectivity index (χ1) is 14.2. The largest absolute Gasteiger partial charge is 0.496 e. The molecular weight excluding hydrogens is 384 g/mol. The summed E-state index contributed by atoms with van der Waals surface area (Å²) in [5, 5.41) is 4.97. The van der Waals surface area contributed by atoms with Crippen LogP contribution in [0.5, 0.6) is 5.75 Å². The topological polar surface area (TPSA) is 66.0 Å². The van der Waals surface area contributed by atoms with Gasteiger partial charge in [-0.1, -0.05) is 55.0 Å². The van der Waals surface area contributed by atoms with Gasteiger partial charge in [0.1, 0.15) is 5.75 Å². The molecule has 0 bridgehead atoms. The molecule has 0 atom stereocenters. The molecule has 0 saturated carbocycles. The Balaban J connectivity index is 1.48. The molecule has 29 heavy (non-hydrogen) atoms. The van der Waals surface area contributed by atoms with Crippen molar-refractivity contribution in [3.8, 4) is 22.8 Å². The number of hydrogen-bond acceptors (Lipinski definition) is 6. The summed E-state index contributed by atoms with van der Waals surface area (Å²) in [6.07, 6.45) is 3.76. The molecule has 2 heterocycles. The zero-order valence-corrected chi connectivity index (χ0v) is 17.4. The van der Waals surface area contributed by atoms with Crippen LogP contribution < -0.4 is 4.74 Å². The van der Waals surface area contributed by atoms with E-state index in [9.17, 15) is 0 Å². The molecule has 6 nitrogen and oxygen atoms in total.